The topological polar surface area (TPSA) is 109 Å². The second kappa shape index (κ2) is 5.15. The number of hydrogen-bond donors (Lipinski definition) is 3. The van der Waals surface area contributed by atoms with E-state index in [0.717, 1.165) is 6.26 Å². The summed E-state index contributed by atoms with van der Waals surface area (Å²) in [6.07, 6.45) is 1.21. The standard InChI is InChI=1S/C10H14N2O4S/c1-17(15,16)12-9-7(5-6-13)3-2-4-8(9)10(11)14/h2-4,12-13H,5-6H2,1H3,(H2,11,14). The highest BCUT2D eigenvalue weighted by Crippen LogP contribution is 2.22. The van der Waals surface area contributed by atoms with Gasteiger partial charge in [0.05, 0.1) is 17.5 Å². The minimum atomic E-state index is -3.51. The Labute approximate surface area is 99.5 Å². The number of nitrogens with two attached hydrogens (primary N) is 1. The van der Waals surface area contributed by atoms with Crippen LogP contribution in [-0.4, -0.2) is 32.3 Å². The Hall–Kier alpha value is -1.60. The summed E-state index contributed by atoms with van der Waals surface area (Å²) in [7, 11) is -3.51. The fourth-order valence-corrected chi connectivity index (χ4v) is 2.05. The molecule has 7 heteroatoms. The zero-order valence-electron chi connectivity index (χ0n) is 9.30. The molecule has 1 aromatic carbocycles. The lowest BCUT2D eigenvalue weighted by atomic mass is 10.0. The van der Waals surface area contributed by atoms with Gasteiger partial charge in [0.1, 0.15) is 0 Å². The molecule has 0 spiro atoms. The maximum atomic E-state index is 11.2. The molecule has 0 saturated carbocycles. The molecule has 1 amide bonds. The Bertz CT molecular complexity index is 525. The second-order valence-corrected chi connectivity index (χ2v) is 5.30. The molecule has 1 rings (SSSR count). The van der Waals surface area contributed by atoms with Crippen LogP contribution in [0, 0.1) is 0 Å². The second-order valence-electron chi connectivity index (χ2n) is 3.55. The molecule has 0 unspecified atom stereocenters. The van der Waals surface area contributed by atoms with Gasteiger partial charge in [-0.3, -0.25) is 9.52 Å². The smallest absolute Gasteiger partial charge is 0.250 e. The molecular weight excluding hydrogens is 244 g/mol. The average molecular weight is 258 g/mol. The normalized spacial score (nSPS) is 11.2. The van der Waals surface area contributed by atoms with E-state index in [9.17, 15) is 13.2 Å². The number of para-hydroxylation sites is 1. The van der Waals surface area contributed by atoms with Crippen molar-refractivity contribution in [3.8, 4) is 0 Å². The fourth-order valence-electron chi connectivity index (χ4n) is 1.44. The summed E-state index contributed by atoms with van der Waals surface area (Å²) in [5.41, 5.74) is 5.90. The van der Waals surface area contributed by atoms with Crippen molar-refractivity contribution in [2.45, 2.75) is 6.42 Å². The Kier molecular flexibility index (Phi) is 4.08. The Balaban J connectivity index is 3.33. The largest absolute Gasteiger partial charge is 0.396 e. The Morgan fingerprint density at radius 1 is 1.47 bits per heavy atom. The highest BCUT2D eigenvalue weighted by atomic mass is 32.2. The molecule has 0 aliphatic carbocycles. The van der Waals surface area contributed by atoms with Crippen LogP contribution < -0.4 is 10.5 Å². The molecule has 0 radical (unpaired) electrons. The average Bonchev–Trinajstić information content (AvgIpc) is 2.18. The molecule has 6 nitrogen and oxygen atoms in total. The molecule has 0 aliphatic heterocycles. The molecule has 0 aliphatic rings. The molecule has 1 aromatic rings. The molecular formula is C10H14N2O4S. The number of benzene rings is 1. The van der Waals surface area contributed by atoms with E-state index in [4.69, 9.17) is 10.8 Å². The summed E-state index contributed by atoms with van der Waals surface area (Å²) in [5.74, 6) is -0.726. The minimum Gasteiger partial charge on any atom is -0.396 e. The van der Waals surface area contributed by atoms with Gasteiger partial charge in [-0.05, 0) is 18.1 Å². The Morgan fingerprint density at radius 3 is 2.59 bits per heavy atom. The van der Waals surface area contributed by atoms with Crippen LogP contribution in [0.1, 0.15) is 15.9 Å². The van der Waals surface area contributed by atoms with Crippen LogP contribution in [0.3, 0.4) is 0 Å². The number of sulfonamides is 1. The number of aliphatic hydroxyl groups excluding tert-OH is 1. The van der Waals surface area contributed by atoms with E-state index >= 15 is 0 Å². The van der Waals surface area contributed by atoms with Crippen molar-refractivity contribution < 1.29 is 18.3 Å². The van der Waals surface area contributed by atoms with E-state index in [-0.39, 0.29) is 24.3 Å². The monoisotopic (exact) mass is 258 g/mol. The molecule has 0 bridgehead atoms. The first-order valence-corrected chi connectivity index (χ1v) is 6.74. The lowest BCUT2D eigenvalue weighted by Crippen LogP contribution is -2.19. The van der Waals surface area contributed by atoms with E-state index in [1.54, 1.807) is 12.1 Å². The first-order valence-electron chi connectivity index (χ1n) is 4.85. The van der Waals surface area contributed by atoms with Crippen LogP contribution in [-0.2, 0) is 16.4 Å². The summed E-state index contributed by atoms with van der Waals surface area (Å²) in [4.78, 5) is 11.2. The third-order valence-corrected chi connectivity index (χ3v) is 2.66. The summed E-state index contributed by atoms with van der Waals surface area (Å²) >= 11 is 0. The molecule has 17 heavy (non-hydrogen) atoms. The lowest BCUT2D eigenvalue weighted by Gasteiger charge is -2.13. The van der Waals surface area contributed by atoms with E-state index < -0.39 is 15.9 Å². The molecule has 0 heterocycles. The highest BCUT2D eigenvalue weighted by molar-refractivity contribution is 7.92. The SMILES string of the molecule is CS(=O)(=O)Nc1c(CCO)cccc1C(N)=O. The van der Waals surface area contributed by atoms with Crippen LogP contribution in [0.25, 0.3) is 0 Å². The maximum absolute atomic E-state index is 11.2. The van der Waals surface area contributed by atoms with Gasteiger partial charge >= 0.3 is 0 Å². The zero-order chi connectivity index (χ0) is 13.1. The predicted octanol–water partition coefficient (Wildman–Crippen LogP) is -0.308. The van der Waals surface area contributed by atoms with Gasteiger partial charge in [-0.25, -0.2) is 8.42 Å². The van der Waals surface area contributed by atoms with Gasteiger partial charge in [0.2, 0.25) is 10.0 Å². The number of aliphatic hydroxyl groups is 1. The van der Waals surface area contributed by atoms with Gasteiger partial charge in [0.25, 0.3) is 5.91 Å². The van der Waals surface area contributed by atoms with Gasteiger partial charge in [0.15, 0.2) is 0 Å². The lowest BCUT2D eigenvalue weighted by molar-refractivity contribution is 0.100. The number of anilines is 1. The highest BCUT2D eigenvalue weighted by Gasteiger charge is 2.15. The maximum Gasteiger partial charge on any atom is 0.250 e. The third-order valence-electron chi connectivity index (χ3n) is 2.08. The number of carbonyl (C=O) groups excluding carboxylic acids is 1. The van der Waals surface area contributed by atoms with Gasteiger partial charge in [0, 0.05) is 6.61 Å². The molecule has 0 saturated heterocycles. The van der Waals surface area contributed by atoms with E-state index in [1.165, 1.54) is 6.07 Å². The van der Waals surface area contributed by atoms with Crippen molar-refractivity contribution >= 4 is 21.6 Å². The van der Waals surface area contributed by atoms with Crippen molar-refractivity contribution in [2.24, 2.45) is 5.73 Å². The number of nitrogens with one attached hydrogen (secondary N) is 1. The van der Waals surface area contributed by atoms with Crippen molar-refractivity contribution in [2.75, 3.05) is 17.6 Å². The molecule has 4 N–H and O–H groups in total. The quantitative estimate of drug-likeness (QED) is 0.673. The third kappa shape index (κ3) is 3.72. The summed E-state index contributed by atoms with van der Waals surface area (Å²) in [5, 5.41) is 8.88. The van der Waals surface area contributed by atoms with Gasteiger partial charge in [-0.2, -0.15) is 0 Å². The number of hydrogen-bond acceptors (Lipinski definition) is 4. The van der Waals surface area contributed by atoms with Gasteiger partial charge in [-0.15, -0.1) is 0 Å². The zero-order valence-corrected chi connectivity index (χ0v) is 10.1. The van der Waals surface area contributed by atoms with E-state index in [0.29, 0.717) is 5.56 Å². The van der Waals surface area contributed by atoms with Crippen LogP contribution in [0.2, 0.25) is 0 Å². The molecule has 0 fully saturated rings. The Morgan fingerprint density at radius 2 is 2.12 bits per heavy atom. The number of carbonyl (C=O) groups is 1. The van der Waals surface area contributed by atoms with Crippen LogP contribution in [0.15, 0.2) is 18.2 Å². The predicted molar refractivity (Wildman–Crippen MR) is 64.2 cm³/mol. The number of primary amides is 1. The minimum absolute atomic E-state index is 0.0846. The van der Waals surface area contributed by atoms with E-state index in [2.05, 4.69) is 4.72 Å². The van der Waals surface area contributed by atoms with E-state index in [1.807, 2.05) is 0 Å². The first kappa shape index (κ1) is 13.5. The van der Waals surface area contributed by atoms with Gasteiger partial charge in [-0.1, -0.05) is 12.1 Å². The van der Waals surface area contributed by atoms with Gasteiger partial charge < -0.3 is 10.8 Å². The van der Waals surface area contributed by atoms with Crippen molar-refractivity contribution in [1.82, 2.24) is 0 Å². The summed E-state index contributed by atoms with van der Waals surface area (Å²) in [6.45, 7) is -0.152. The summed E-state index contributed by atoms with van der Waals surface area (Å²) in [6, 6.07) is 4.63. The molecule has 0 aromatic heterocycles. The van der Waals surface area contributed by atoms with Crippen molar-refractivity contribution in [3.05, 3.63) is 29.3 Å². The molecule has 94 valence electrons. The fraction of sp³-hybridized carbons (Fsp3) is 0.300. The number of rotatable bonds is 5. The summed E-state index contributed by atoms with van der Waals surface area (Å²) < 4.78 is 24.7. The van der Waals surface area contributed by atoms with Crippen molar-refractivity contribution in [3.63, 3.8) is 0 Å². The van der Waals surface area contributed by atoms with Crippen molar-refractivity contribution in [1.29, 1.82) is 0 Å². The van der Waals surface area contributed by atoms with Crippen LogP contribution in [0.5, 0.6) is 0 Å². The van der Waals surface area contributed by atoms with Crippen LogP contribution >= 0.6 is 0 Å². The van der Waals surface area contributed by atoms with Crippen LogP contribution in [0.4, 0.5) is 5.69 Å². The first-order chi connectivity index (χ1) is 7.85. The molecule has 0 atom stereocenters. The number of amides is 1.